The molecule has 1 aromatic rings. The molecule has 1 aliphatic carbocycles. The van der Waals surface area contributed by atoms with Crippen LogP contribution < -0.4 is 5.73 Å². The summed E-state index contributed by atoms with van der Waals surface area (Å²) in [6.07, 6.45) is 0.0203. The Morgan fingerprint density at radius 3 is 2.63 bits per heavy atom. The van der Waals surface area contributed by atoms with Crippen LogP contribution in [0.1, 0.15) is 32.3 Å². The molecule has 4 heteroatoms. The van der Waals surface area contributed by atoms with E-state index in [1.165, 1.54) is 0 Å². The second kappa shape index (κ2) is 5.23. The normalized spacial score (nSPS) is 31.8. The molecule has 3 nitrogen and oxygen atoms in total. The van der Waals surface area contributed by atoms with E-state index < -0.39 is 11.6 Å². The fourth-order valence-electron chi connectivity index (χ4n) is 2.86. The van der Waals surface area contributed by atoms with Gasteiger partial charge in [0.25, 0.3) is 0 Å². The maximum atomic E-state index is 12.3. The Bertz CT molecular complexity index is 489. The first kappa shape index (κ1) is 14.5. The van der Waals surface area contributed by atoms with Gasteiger partial charge >= 0.3 is 0 Å². The molecule has 3 atom stereocenters. The molecular formula is C15H20ClNO2. The summed E-state index contributed by atoms with van der Waals surface area (Å²) in [5.74, 6) is 0.264. The van der Waals surface area contributed by atoms with Gasteiger partial charge in [-0.05, 0) is 36.3 Å². The van der Waals surface area contributed by atoms with E-state index in [1.807, 2.05) is 6.07 Å². The first-order valence-corrected chi connectivity index (χ1v) is 7.00. The molecule has 1 aromatic carbocycles. The number of nitrogens with two attached hydrogens (primary N) is 1. The Balaban J connectivity index is 2.44. The summed E-state index contributed by atoms with van der Waals surface area (Å²) in [6.45, 7) is 4.17. The zero-order valence-electron chi connectivity index (χ0n) is 11.3. The Morgan fingerprint density at radius 2 is 2.05 bits per heavy atom. The summed E-state index contributed by atoms with van der Waals surface area (Å²) < 4.78 is 0. The van der Waals surface area contributed by atoms with Crippen molar-refractivity contribution in [2.24, 2.45) is 17.6 Å². The third kappa shape index (κ3) is 2.55. The predicted molar refractivity (Wildman–Crippen MR) is 75.9 cm³/mol. The summed E-state index contributed by atoms with van der Waals surface area (Å²) in [5, 5.41) is 10.5. The van der Waals surface area contributed by atoms with Crippen molar-refractivity contribution in [3.8, 4) is 0 Å². The Kier molecular flexibility index (Phi) is 4.00. The van der Waals surface area contributed by atoms with Crippen LogP contribution in [0.25, 0.3) is 0 Å². The van der Waals surface area contributed by atoms with E-state index >= 15 is 0 Å². The highest BCUT2D eigenvalue weighted by Crippen LogP contribution is 2.41. The molecule has 3 N–H and O–H groups in total. The van der Waals surface area contributed by atoms with Crippen molar-refractivity contribution in [2.75, 3.05) is 0 Å². The Labute approximate surface area is 118 Å². The van der Waals surface area contributed by atoms with Crippen LogP contribution in [0.4, 0.5) is 0 Å². The molecule has 19 heavy (non-hydrogen) atoms. The van der Waals surface area contributed by atoms with Crippen LogP contribution in [0.15, 0.2) is 24.3 Å². The van der Waals surface area contributed by atoms with Crippen molar-refractivity contribution in [1.82, 2.24) is 0 Å². The lowest BCUT2D eigenvalue weighted by Crippen LogP contribution is -2.55. The maximum absolute atomic E-state index is 12.3. The second-order valence-corrected chi connectivity index (χ2v) is 6.18. The van der Waals surface area contributed by atoms with Gasteiger partial charge in [0, 0.05) is 5.02 Å². The number of halogens is 1. The highest BCUT2D eigenvalue weighted by molar-refractivity contribution is 6.31. The average molecular weight is 282 g/mol. The number of carbonyl (C=O) groups excluding carboxylic acids is 1. The van der Waals surface area contributed by atoms with Crippen LogP contribution in [0.3, 0.4) is 0 Å². The molecule has 1 saturated carbocycles. The third-order valence-electron chi connectivity index (χ3n) is 4.15. The minimum absolute atomic E-state index is 0.217. The van der Waals surface area contributed by atoms with Gasteiger partial charge in [0.2, 0.25) is 0 Å². The summed E-state index contributed by atoms with van der Waals surface area (Å²) in [4.78, 5) is 12.3. The van der Waals surface area contributed by atoms with Crippen molar-refractivity contribution in [3.63, 3.8) is 0 Å². The van der Waals surface area contributed by atoms with Crippen LogP contribution in [-0.4, -0.2) is 17.0 Å². The van der Waals surface area contributed by atoms with Gasteiger partial charge in [-0.1, -0.05) is 43.6 Å². The van der Waals surface area contributed by atoms with Gasteiger partial charge in [-0.2, -0.15) is 0 Å². The van der Waals surface area contributed by atoms with Gasteiger partial charge in [-0.15, -0.1) is 0 Å². The van der Waals surface area contributed by atoms with E-state index in [2.05, 4.69) is 13.8 Å². The topological polar surface area (TPSA) is 63.3 Å². The predicted octanol–water partition coefficient (Wildman–Crippen LogP) is 2.49. The molecule has 0 aromatic heterocycles. The third-order valence-corrected chi connectivity index (χ3v) is 4.48. The molecule has 2 rings (SSSR count). The minimum Gasteiger partial charge on any atom is -0.385 e. The average Bonchev–Trinajstić information content (AvgIpc) is 2.35. The number of ketones is 1. The zero-order chi connectivity index (χ0) is 14.2. The van der Waals surface area contributed by atoms with Crippen LogP contribution in [0.5, 0.6) is 0 Å². The fraction of sp³-hybridized carbons (Fsp3) is 0.533. The smallest absolute Gasteiger partial charge is 0.185 e. The van der Waals surface area contributed by atoms with Crippen LogP contribution >= 0.6 is 11.6 Å². The number of benzene rings is 1. The monoisotopic (exact) mass is 281 g/mol. The van der Waals surface area contributed by atoms with E-state index in [0.29, 0.717) is 29.3 Å². The van der Waals surface area contributed by atoms with Gasteiger partial charge < -0.3 is 10.8 Å². The van der Waals surface area contributed by atoms with Crippen molar-refractivity contribution >= 4 is 17.4 Å². The first-order valence-electron chi connectivity index (χ1n) is 6.62. The number of aliphatic hydroxyl groups is 1. The molecule has 0 radical (unpaired) electrons. The summed E-state index contributed by atoms with van der Waals surface area (Å²) in [6, 6.07) is 7.12. The Hall–Kier alpha value is -0.900. The van der Waals surface area contributed by atoms with Crippen molar-refractivity contribution in [1.29, 1.82) is 0 Å². The second-order valence-electron chi connectivity index (χ2n) is 5.78. The quantitative estimate of drug-likeness (QED) is 0.875. The van der Waals surface area contributed by atoms with Crippen LogP contribution in [0, 0.1) is 11.8 Å². The SMILES string of the molecule is CC(C)[C@@H]1C[C@H](O)C(=O)[C@@](N)(c2ccccc2Cl)C1. The Morgan fingerprint density at radius 1 is 1.42 bits per heavy atom. The largest absolute Gasteiger partial charge is 0.385 e. The number of hydrogen-bond donors (Lipinski definition) is 2. The van der Waals surface area contributed by atoms with Crippen LogP contribution in [0.2, 0.25) is 5.02 Å². The van der Waals surface area contributed by atoms with Crippen LogP contribution in [-0.2, 0) is 10.3 Å². The molecule has 0 spiro atoms. The molecular weight excluding hydrogens is 262 g/mol. The number of hydrogen-bond acceptors (Lipinski definition) is 3. The molecule has 0 saturated heterocycles. The van der Waals surface area contributed by atoms with E-state index in [9.17, 15) is 9.90 Å². The zero-order valence-corrected chi connectivity index (χ0v) is 12.0. The summed E-state index contributed by atoms with van der Waals surface area (Å²) in [7, 11) is 0. The molecule has 0 aliphatic heterocycles. The van der Waals surface area contributed by atoms with Crippen molar-refractivity contribution in [2.45, 2.75) is 38.3 Å². The number of Topliss-reactive ketones (excluding diaryl/α,β-unsaturated/α-hetero) is 1. The van der Waals surface area contributed by atoms with Gasteiger partial charge in [-0.3, -0.25) is 4.79 Å². The van der Waals surface area contributed by atoms with Gasteiger partial charge in [0.1, 0.15) is 11.6 Å². The molecule has 1 fully saturated rings. The fourth-order valence-corrected chi connectivity index (χ4v) is 3.17. The standard InChI is InChI=1S/C15H20ClNO2/c1-9(2)10-7-13(18)14(19)15(17,8-10)11-5-3-4-6-12(11)16/h3-6,9-10,13,18H,7-8,17H2,1-2H3/t10-,13+,15+/m1/s1. The number of aliphatic hydroxyl groups excluding tert-OH is 1. The van der Waals surface area contributed by atoms with Gasteiger partial charge in [-0.25, -0.2) is 0 Å². The molecule has 0 amide bonds. The lowest BCUT2D eigenvalue weighted by Gasteiger charge is -2.41. The van der Waals surface area contributed by atoms with E-state index in [-0.39, 0.29) is 11.7 Å². The minimum atomic E-state index is -1.18. The lowest BCUT2D eigenvalue weighted by molar-refractivity contribution is -0.138. The molecule has 0 unspecified atom stereocenters. The van der Waals surface area contributed by atoms with Crippen molar-refractivity contribution < 1.29 is 9.90 Å². The molecule has 104 valence electrons. The molecule has 0 heterocycles. The van der Waals surface area contributed by atoms with Crippen molar-refractivity contribution in [3.05, 3.63) is 34.9 Å². The summed E-state index contributed by atoms with van der Waals surface area (Å²) >= 11 is 6.17. The molecule has 0 bridgehead atoms. The number of rotatable bonds is 2. The highest BCUT2D eigenvalue weighted by Gasteiger charge is 2.47. The highest BCUT2D eigenvalue weighted by atomic mass is 35.5. The van der Waals surface area contributed by atoms with E-state index in [4.69, 9.17) is 17.3 Å². The summed E-state index contributed by atoms with van der Waals surface area (Å²) in [5.41, 5.74) is 5.79. The lowest BCUT2D eigenvalue weighted by atomic mass is 9.67. The van der Waals surface area contributed by atoms with Gasteiger partial charge in [0.05, 0.1) is 0 Å². The van der Waals surface area contributed by atoms with E-state index in [0.717, 1.165) is 0 Å². The molecule has 1 aliphatic rings. The number of carbonyl (C=O) groups is 1. The van der Waals surface area contributed by atoms with E-state index in [1.54, 1.807) is 18.2 Å². The van der Waals surface area contributed by atoms with Gasteiger partial charge in [0.15, 0.2) is 5.78 Å². The maximum Gasteiger partial charge on any atom is 0.185 e. The first-order chi connectivity index (χ1) is 8.86.